The number of methoxy groups -OCH3 is 1. The van der Waals surface area contributed by atoms with E-state index in [1.54, 1.807) is 73.1 Å². The Morgan fingerprint density at radius 1 is 0.836 bits per heavy atom. The number of halogens is 2. The van der Waals surface area contributed by atoms with Crippen LogP contribution < -0.4 is 15.4 Å². The molecule has 18 nitrogen and oxygen atoms in total. The molecule has 73 heavy (non-hydrogen) atoms. The summed E-state index contributed by atoms with van der Waals surface area (Å²) >= 11 is 12.8. The lowest BCUT2D eigenvalue weighted by Crippen LogP contribution is -2.57. The van der Waals surface area contributed by atoms with E-state index in [1.165, 1.54) is 16.9 Å². The topological polar surface area (TPSA) is 209 Å². The standard InChI is InChI=1S/C52H63Cl2N9O7.CH2O2/c1-33-29-55-48(64)28-43(25-37-14-17-40(53)18-15-37)61(7)52(68)46(32-69-8)56-50(66)35(3)62(49(65)26-39(51(67)60(33)6)24-36-12-10-9-11-13-36)30-38-16-19-41(54)27-47(38)70-44-22-20-42(21-23-44)63-34(2)45(57-58-63)31-59(4)5;2-1-3/h9-23,27,33,35,39,43,46H,24-26,28-32H2,1-8H3,(H,55,64)(H,56,66);1H,(H,2,3)/t33-,35-,39+,43-,46-;/m0./s1. The zero-order valence-corrected chi connectivity index (χ0v) is 44.0. The number of hydrogen-bond donors (Lipinski definition) is 3. The Morgan fingerprint density at radius 3 is 2.12 bits per heavy atom. The summed E-state index contributed by atoms with van der Waals surface area (Å²) in [5.74, 6) is -2.34. The largest absolute Gasteiger partial charge is 0.483 e. The number of nitrogens with zero attached hydrogens (tertiary/aromatic N) is 7. The Bertz CT molecular complexity index is 2650. The number of carbonyl (C=O) groups is 6. The first-order chi connectivity index (χ1) is 34.8. The highest BCUT2D eigenvalue weighted by Crippen LogP contribution is 2.32. The van der Waals surface area contributed by atoms with Gasteiger partial charge in [-0.1, -0.05) is 76.9 Å². The fraction of sp³-hybridized carbons (Fsp3) is 0.396. The Balaban J connectivity index is 0.00000321. The Kier molecular flexibility index (Phi) is 21.3. The van der Waals surface area contributed by atoms with Crippen molar-refractivity contribution in [3.63, 3.8) is 0 Å². The number of ether oxygens (including phenoxy) is 2. The molecule has 390 valence electrons. The van der Waals surface area contributed by atoms with Gasteiger partial charge >= 0.3 is 0 Å². The minimum absolute atomic E-state index is 0.0762. The first-order valence-corrected chi connectivity index (χ1v) is 24.5. The number of benzene rings is 4. The number of amides is 5. The summed E-state index contributed by atoms with van der Waals surface area (Å²) in [6.45, 7) is 5.52. The van der Waals surface area contributed by atoms with Gasteiger partial charge in [-0.2, -0.15) is 0 Å². The average molecular weight is 1040 g/mol. The minimum atomic E-state index is -1.20. The van der Waals surface area contributed by atoms with Gasteiger partial charge in [0.15, 0.2) is 0 Å². The summed E-state index contributed by atoms with van der Waals surface area (Å²) in [4.78, 5) is 87.1. The second kappa shape index (κ2) is 27.3. The summed E-state index contributed by atoms with van der Waals surface area (Å²) in [5.41, 5.74) is 4.73. The van der Waals surface area contributed by atoms with Crippen LogP contribution in [0.3, 0.4) is 0 Å². The molecule has 0 spiro atoms. The molecule has 1 aliphatic rings. The molecule has 5 aromatic rings. The molecular formula is C53H65Cl2N9O9. The smallest absolute Gasteiger partial charge is 0.290 e. The third-order valence-corrected chi connectivity index (χ3v) is 13.1. The second-order valence-electron chi connectivity index (χ2n) is 18.3. The molecule has 4 aromatic carbocycles. The summed E-state index contributed by atoms with van der Waals surface area (Å²) in [5, 5.41) is 22.3. The van der Waals surface area contributed by atoms with Gasteiger partial charge in [0.1, 0.15) is 29.3 Å². The van der Waals surface area contributed by atoms with Crippen molar-refractivity contribution in [1.82, 2.24) is 45.2 Å². The van der Waals surface area contributed by atoms with Crippen molar-refractivity contribution in [2.45, 2.75) is 83.7 Å². The number of hydrogen-bond acceptors (Lipinski definition) is 11. The molecule has 1 saturated heterocycles. The van der Waals surface area contributed by atoms with Crippen LogP contribution in [0.4, 0.5) is 0 Å². The van der Waals surface area contributed by atoms with Crippen LogP contribution in [-0.4, -0.2) is 148 Å². The maximum atomic E-state index is 15.0. The lowest BCUT2D eigenvalue weighted by molar-refractivity contribution is -0.147. The number of carboxylic acid groups (broad SMARTS) is 1. The number of aromatic nitrogens is 3. The molecule has 0 radical (unpaired) electrons. The van der Waals surface area contributed by atoms with Crippen molar-refractivity contribution < 1.29 is 43.3 Å². The predicted octanol–water partition coefficient (Wildman–Crippen LogP) is 5.97. The van der Waals surface area contributed by atoms with Gasteiger partial charge in [-0.25, -0.2) is 4.68 Å². The van der Waals surface area contributed by atoms with Crippen molar-refractivity contribution in [3.05, 3.63) is 135 Å². The highest BCUT2D eigenvalue weighted by molar-refractivity contribution is 6.31. The van der Waals surface area contributed by atoms with Gasteiger partial charge in [0.2, 0.25) is 29.5 Å². The van der Waals surface area contributed by atoms with Gasteiger partial charge in [0, 0.05) is 74.8 Å². The average Bonchev–Trinajstić information content (AvgIpc) is 3.72. The van der Waals surface area contributed by atoms with Gasteiger partial charge < -0.3 is 44.8 Å². The first kappa shape index (κ1) is 57.0. The molecule has 20 heteroatoms. The molecule has 1 aliphatic heterocycles. The van der Waals surface area contributed by atoms with E-state index >= 15 is 4.79 Å². The monoisotopic (exact) mass is 1040 g/mol. The highest BCUT2D eigenvalue weighted by Gasteiger charge is 2.36. The van der Waals surface area contributed by atoms with Crippen LogP contribution in [0.15, 0.2) is 97.1 Å². The van der Waals surface area contributed by atoms with Crippen molar-refractivity contribution in [2.24, 2.45) is 5.92 Å². The van der Waals surface area contributed by atoms with Crippen LogP contribution in [0.5, 0.6) is 11.5 Å². The molecule has 0 aliphatic carbocycles. The van der Waals surface area contributed by atoms with Crippen molar-refractivity contribution >= 4 is 59.2 Å². The van der Waals surface area contributed by atoms with E-state index in [0.717, 1.165) is 28.2 Å². The normalized spacial score (nSPS) is 19.6. The minimum Gasteiger partial charge on any atom is -0.483 e. The second-order valence-corrected chi connectivity index (χ2v) is 19.1. The first-order valence-electron chi connectivity index (χ1n) is 23.7. The lowest BCUT2D eigenvalue weighted by Gasteiger charge is -2.35. The zero-order chi connectivity index (χ0) is 53.4. The van der Waals surface area contributed by atoms with E-state index in [4.69, 9.17) is 42.6 Å². The molecule has 0 bridgehead atoms. The van der Waals surface area contributed by atoms with Crippen LogP contribution >= 0.6 is 23.2 Å². The highest BCUT2D eigenvalue weighted by atomic mass is 35.5. The van der Waals surface area contributed by atoms with Crippen molar-refractivity contribution in [2.75, 3.05) is 48.5 Å². The van der Waals surface area contributed by atoms with Gasteiger partial charge in [-0.15, -0.1) is 5.10 Å². The fourth-order valence-corrected chi connectivity index (χ4v) is 8.60. The number of nitrogens with one attached hydrogen (secondary N) is 2. The molecule has 2 heterocycles. The SMILES string of the molecule is COC[C@@H]1NC(=O)[C@H](C)N(Cc2ccc(Cl)cc2Oc2ccc(-n3nnc(CN(C)C)c3C)cc2)C(=O)C[C@@H](Cc2ccccc2)C(=O)N(C)[C@@H](C)CNC(=O)C[C@H](Cc2ccc(Cl)cc2)N(C)C1=O.O=CO. The molecule has 0 unspecified atom stereocenters. The fourth-order valence-electron chi connectivity index (χ4n) is 8.32. The molecule has 5 atom stereocenters. The molecule has 1 aromatic heterocycles. The van der Waals surface area contributed by atoms with Gasteiger partial charge in [0.25, 0.3) is 6.47 Å². The van der Waals surface area contributed by atoms with Crippen molar-refractivity contribution in [1.29, 1.82) is 0 Å². The molecule has 1 fully saturated rings. The summed E-state index contributed by atoms with van der Waals surface area (Å²) in [6.07, 6.45) is 0.173. The van der Waals surface area contributed by atoms with E-state index in [0.29, 0.717) is 40.1 Å². The van der Waals surface area contributed by atoms with Crippen molar-refractivity contribution in [3.8, 4) is 17.2 Å². The van der Waals surface area contributed by atoms with E-state index in [9.17, 15) is 19.2 Å². The van der Waals surface area contributed by atoms with E-state index in [1.807, 2.05) is 87.4 Å². The van der Waals surface area contributed by atoms with Crippen LogP contribution in [0.25, 0.3) is 5.69 Å². The van der Waals surface area contributed by atoms with E-state index < -0.39 is 47.8 Å². The van der Waals surface area contributed by atoms with Crippen LogP contribution in [0, 0.1) is 12.8 Å². The zero-order valence-electron chi connectivity index (χ0n) is 42.5. The molecule has 3 N–H and O–H groups in total. The molecule has 5 amide bonds. The van der Waals surface area contributed by atoms with Gasteiger partial charge in [0.05, 0.1) is 30.5 Å². The van der Waals surface area contributed by atoms with E-state index in [-0.39, 0.29) is 57.2 Å². The third kappa shape index (κ3) is 16.1. The number of likely N-dealkylation sites (N-methyl/N-ethyl adjacent to an activating group) is 2. The third-order valence-electron chi connectivity index (χ3n) is 12.6. The van der Waals surface area contributed by atoms with Crippen LogP contribution in [0.2, 0.25) is 10.0 Å². The van der Waals surface area contributed by atoms with E-state index in [2.05, 4.69) is 20.9 Å². The lowest BCUT2D eigenvalue weighted by atomic mass is 9.93. The van der Waals surface area contributed by atoms with Crippen LogP contribution in [-0.2, 0) is 59.4 Å². The summed E-state index contributed by atoms with van der Waals surface area (Å²) in [7, 11) is 8.59. The molecular weight excluding hydrogens is 978 g/mol. The quantitative estimate of drug-likeness (QED) is 0.117. The maximum absolute atomic E-state index is 15.0. The summed E-state index contributed by atoms with van der Waals surface area (Å²) < 4.78 is 13.7. The Morgan fingerprint density at radius 2 is 1.48 bits per heavy atom. The van der Waals surface area contributed by atoms with Crippen LogP contribution in [0.1, 0.15) is 54.8 Å². The number of carbonyl (C=O) groups excluding carboxylic acids is 5. The Hall–Kier alpha value is -6.86. The molecule has 6 rings (SSSR count). The maximum Gasteiger partial charge on any atom is 0.290 e. The number of rotatable bonds is 13. The van der Waals surface area contributed by atoms with Gasteiger partial charge in [-0.3, -0.25) is 28.8 Å². The summed E-state index contributed by atoms with van der Waals surface area (Å²) in [6, 6.07) is 25.3. The predicted molar refractivity (Wildman–Crippen MR) is 277 cm³/mol. The van der Waals surface area contributed by atoms with Gasteiger partial charge in [-0.05, 0) is 107 Å². The molecule has 0 saturated carbocycles. The Labute approximate surface area is 436 Å².